The van der Waals surface area contributed by atoms with Crippen molar-refractivity contribution in [2.45, 2.75) is 6.92 Å². The van der Waals surface area contributed by atoms with Gasteiger partial charge in [-0.05, 0) is 19.1 Å². The third kappa shape index (κ3) is 1.40. The van der Waals surface area contributed by atoms with Crippen LogP contribution in [-0.4, -0.2) is 20.0 Å². The summed E-state index contributed by atoms with van der Waals surface area (Å²) in [6.45, 7) is 1.86. The summed E-state index contributed by atoms with van der Waals surface area (Å²) >= 11 is 0. The Labute approximate surface area is 74.0 Å². The van der Waals surface area contributed by atoms with Crippen molar-refractivity contribution in [1.29, 1.82) is 0 Å². The zero-order valence-electron chi connectivity index (χ0n) is 6.98. The molecule has 0 aliphatic rings. The van der Waals surface area contributed by atoms with E-state index in [1.807, 2.05) is 6.92 Å². The van der Waals surface area contributed by atoms with Gasteiger partial charge < -0.3 is 0 Å². The lowest BCUT2D eigenvalue weighted by atomic mass is 10.4. The maximum atomic E-state index is 12.5. The molecule has 0 N–H and O–H groups in total. The molecule has 2 rings (SSSR count). The molecule has 0 unspecified atom stereocenters. The lowest BCUT2D eigenvalue weighted by Crippen LogP contribution is -1.99. The third-order valence-electron chi connectivity index (χ3n) is 1.68. The highest BCUT2D eigenvalue weighted by Crippen LogP contribution is 2.06. The lowest BCUT2D eigenvalue weighted by Gasteiger charge is -2.00. The van der Waals surface area contributed by atoms with E-state index < -0.39 is 5.95 Å². The molecule has 0 aromatic carbocycles. The largest absolute Gasteiger partial charge is 0.226 e. The van der Waals surface area contributed by atoms with Crippen LogP contribution in [0.4, 0.5) is 4.39 Å². The van der Waals surface area contributed by atoms with E-state index >= 15 is 0 Å². The number of pyridine rings is 1. The minimum Gasteiger partial charge on any atom is -0.226 e. The van der Waals surface area contributed by atoms with Crippen LogP contribution in [0.2, 0.25) is 0 Å². The van der Waals surface area contributed by atoms with E-state index in [1.165, 1.54) is 12.3 Å². The van der Waals surface area contributed by atoms with Gasteiger partial charge in [-0.15, -0.1) is 5.10 Å². The maximum Gasteiger partial charge on any atom is 0.212 e. The molecule has 0 saturated heterocycles. The fraction of sp³-hybridized carbons (Fsp3) is 0.125. The van der Waals surface area contributed by atoms with Gasteiger partial charge in [-0.1, -0.05) is 5.21 Å². The monoisotopic (exact) mass is 178 g/mol. The van der Waals surface area contributed by atoms with Crippen LogP contribution in [0, 0.1) is 12.9 Å². The van der Waals surface area contributed by atoms with Gasteiger partial charge in [0.15, 0.2) is 0 Å². The zero-order valence-corrected chi connectivity index (χ0v) is 6.98. The summed E-state index contributed by atoms with van der Waals surface area (Å²) < 4.78 is 14.1. The van der Waals surface area contributed by atoms with Crippen LogP contribution in [0.5, 0.6) is 0 Å². The second-order valence-electron chi connectivity index (χ2n) is 2.63. The first-order valence-electron chi connectivity index (χ1n) is 3.76. The Hall–Kier alpha value is -1.78. The smallest absolute Gasteiger partial charge is 0.212 e. The third-order valence-corrected chi connectivity index (χ3v) is 1.68. The summed E-state index contributed by atoms with van der Waals surface area (Å²) in [5.74, 6) is -0.499. The first-order chi connectivity index (χ1) is 6.27. The fourth-order valence-electron chi connectivity index (χ4n) is 1.03. The Kier molecular flexibility index (Phi) is 1.77. The molecule has 66 valence electrons. The molecule has 5 heteroatoms. The topological polar surface area (TPSA) is 43.6 Å². The molecule has 0 spiro atoms. The molecule has 0 aliphatic carbocycles. The molecule has 13 heavy (non-hydrogen) atoms. The van der Waals surface area contributed by atoms with Crippen molar-refractivity contribution in [3.8, 4) is 5.69 Å². The molecular weight excluding hydrogens is 171 g/mol. The Balaban J connectivity index is 2.47. The summed E-state index contributed by atoms with van der Waals surface area (Å²) in [7, 11) is 0. The number of rotatable bonds is 1. The normalized spacial score (nSPS) is 10.3. The summed E-state index contributed by atoms with van der Waals surface area (Å²) in [6.07, 6.45) is 3.04. The van der Waals surface area contributed by atoms with Gasteiger partial charge >= 0.3 is 0 Å². The van der Waals surface area contributed by atoms with E-state index in [-0.39, 0.29) is 0 Å². The Morgan fingerprint density at radius 1 is 1.31 bits per heavy atom. The number of halogens is 1. The molecule has 0 fully saturated rings. The Morgan fingerprint density at radius 3 is 2.69 bits per heavy atom. The highest BCUT2D eigenvalue weighted by molar-refractivity contribution is 5.27. The average Bonchev–Trinajstić information content (AvgIpc) is 2.53. The second-order valence-corrected chi connectivity index (χ2v) is 2.63. The first kappa shape index (κ1) is 7.85. The second kappa shape index (κ2) is 2.93. The highest BCUT2D eigenvalue weighted by atomic mass is 19.1. The van der Waals surface area contributed by atoms with Crippen LogP contribution in [0.3, 0.4) is 0 Å². The van der Waals surface area contributed by atoms with E-state index in [1.54, 1.807) is 16.9 Å². The standard InChI is InChI=1S/C8H7FN4/c1-6-4-11-12-13(6)7-2-3-8(9)10-5-7/h2-5H,1H3. The first-order valence-corrected chi connectivity index (χ1v) is 3.76. The molecule has 2 aromatic heterocycles. The zero-order chi connectivity index (χ0) is 9.26. The van der Waals surface area contributed by atoms with Gasteiger partial charge in [0.05, 0.1) is 23.8 Å². The van der Waals surface area contributed by atoms with Crippen LogP contribution in [0.15, 0.2) is 24.5 Å². The highest BCUT2D eigenvalue weighted by Gasteiger charge is 2.01. The Bertz CT molecular complexity index is 406. The van der Waals surface area contributed by atoms with E-state index in [0.717, 1.165) is 5.69 Å². The molecule has 2 aromatic rings. The minimum absolute atomic E-state index is 0.499. The van der Waals surface area contributed by atoms with Crippen LogP contribution in [0.25, 0.3) is 5.69 Å². The van der Waals surface area contributed by atoms with E-state index in [0.29, 0.717) is 5.69 Å². The van der Waals surface area contributed by atoms with E-state index in [2.05, 4.69) is 15.3 Å². The van der Waals surface area contributed by atoms with E-state index in [4.69, 9.17) is 0 Å². The molecule has 0 bridgehead atoms. The van der Waals surface area contributed by atoms with Crippen molar-refractivity contribution in [2.75, 3.05) is 0 Å². The van der Waals surface area contributed by atoms with Crippen molar-refractivity contribution in [1.82, 2.24) is 20.0 Å². The van der Waals surface area contributed by atoms with Crippen molar-refractivity contribution in [3.05, 3.63) is 36.2 Å². The van der Waals surface area contributed by atoms with Gasteiger partial charge in [0, 0.05) is 0 Å². The average molecular weight is 178 g/mol. The van der Waals surface area contributed by atoms with Crippen LogP contribution < -0.4 is 0 Å². The van der Waals surface area contributed by atoms with Crippen molar-refractivity contribution >= 4 is 0 Å². The van der Waals surface area contributed by atoms with Gasteiger partial charge in [-0.3, -0.25) is 0 Å². The van der Waals surface area contributed by atoms with Gasteiger partial charge in [0.2, 0.25) is 5.95 Å². The van der Waals surface area contributed by atoms with Gasteiger partial charge in [-0.25, -0.2) is 9.67 Å². The summed E-state index contributed by atoms with van der Waals surface area (Å²) in [5.41, 5.74) is 1.59. The fourth-order valence-corrected chi connectivity index (χ4v) is 1.03. The summed E-state index contributed by atoms with van der Waals surface area (Å²) in [5, 5.41) is 7.53. The van der Waals surface area contributed by atoms with E-state index in [9.17, 15) is 4.39 Å². The van der Waals surface area contributed by atoms with Crippen LogP contribution in [-0.2, 0) is 0 Å². The molecular formula is C8H7FN4. The molecule has 4 nitrogen and oxygen atoms in total. The molecule has 0 amide bonds. The van der Waals surface area contributed by atoms with Gasteiger partial charge in [0.1, 0.15) is 0 Å². The predicted octanol–water partition coefficient (Wildman–Crippen LogP) is 1.11. The lowest BCUT2D eigenvalue weighted by molar-refractivity contribution is 0.582. The number of aryl methyl sites for hydroxylation is 1. The maximum absolute atomic E-state index is 12.5. The van der Waals surface area contributed by atoms with Crippen molar-refractivity contribution in [2.24, 2.45) is 0 Å². The van der Waals surface area contributed by atoms with Crippen LogP contribution in [0.1, 0.15) is 5.69 Å². The minimum atomic E-state index is -0.499. The number of aromatic nitrogens is 4. The van der Waals surface area contributed by atoms with Crippen molar-refractivity contribution < 1.29 is 4.39 Å². The molecule has 2 heterocycles. The number of hydrogen-bond acceptors (Lipinski definition) is 3. The van der Waals surface area contributed by atoms with Crippen LogP contribution >= 0.6 is 0 Å². The number of hydrogen-bond donors (Lipinski definition) is 0. The van der Waals surface area contributed by atoms with Gasteiger partial charge in [-0.2, -0.15) is 4.39 Å². The summed E-state index contributed by atoms with van der Waals surface area (Å²) in [6, 6.07) is 2.89. The number of nitrogens with zero attached hydrogens (tertiary/aromatic N) is 4. The quantitative estimate of drug-likeness (QED) is 0.614. The van der Waals surface area contributed by atoms with Crippen molar-refractivity contribution in [3.63, 3.8) is 0 Å². The molecule has 0 saturated carbocycles. The predicted molar refractivity (Wildman–Crippen MR) is 43.8 cm³/mol. The molecule has 0 aliphatic heterocycles. The molecule has 0 atom stereocenters. The van der Waals surface area contributed by atoms with Gasteiger partial charge in [0.25, 0.3) is 0 Å². The Morgan fingerprint density at radius 2 is 2.15 bits per heavy atom. The molecule has 0 radical (unpaired) electrons. The summed E-state index contributed by atoms with van der Waals surface area (Å²) in [4.78, 5) is 3.52. The SMILES string of the molecule is Cc1cnnn1-c1ccc(F)nc1.